The number of imidazole rings is 1. The molecule has 0 bridgehead atoms. The van der Waals surface area contributed by atoms with E-state index in [1.165, 1.54) is 10.8 Å². The number of ether oxygens (including phenoxy) is 1. The summed E-state index contributed by atoms with van der Waals surface area (Å²) in [4.78, 5) is 12.5. The van der Waals surface area contributed by atoms with Gasteiger partial charge in [-0.2, -0.15) is 0 Å². The van der Waals surface area contributed by atoms with Gasteiger partial charge in [0, 0.05) is 18.0 Å². The maximum atomic E-state index is 8.36. The molecule has 1 aromatic heterocycles. The fourth-order valence-electron chi connectivity index (χ4n) is 2.43. The standard InChI is InChI=1S/C19H20N2O.HNO3/c1-2-3-13-22-19(14-21-12-11-20-15-21)18-10-6-8-16-7-4-5-9-17(16)18;2-1(3)4/h4-12,14-15H,2-3,13H2,1H3;(H,2,3,4)/b19-14-;. The second-order valence-corrected chi connectivity index (χ2v) is 5.47. The van der Waals surface area contributed by atoms with Crippen LogP contribution < -0.4 is 0 Å². The van der Waals surface area contributed by atoms with E-state index in [0.717, 1.165) is 30.8 Å². The molecular formula is C19H21N3O4. The molecule has 0 aliphatic heterocycles. The molecule has 2 aromatic carbocycles. The second-order valence-electron chi connectivity index (χ2n) is 5.47. The van der Waals surface area contributed by atoms with Gasteiger partial charge in [-0.25, -0.2) is 4.98 Å². The van der Waals surface area contributed by atoms with E-state index in [0.29, 0.717) is 0 Å². The van der Waals surface area contributed by atoms with Crippen molar-refractivity contribution in [3.63, 3.8) is 0 Å². The van der Waals surface area contributed by atoms with Crippen LogP contribution in [-0.4, -0.2) is 26.5 Å². The van der Waals surface area contributed by atoms with Crippen molar-refractivity contribution in [3.8, 4) is 0 Å². The zero-order chi connectivity index (χ0) is 18.8. The highest BCUT2D eigenvalue weighted by Crippen LogP contribution is 2.26. The van der Waals surface area contributed by atoms with Gasteiger partial charge in [0.15, 0.2) is 0 Å². The Balaban J connectivity index is 0.000000552. The lowest BCUT2D eigenvalue weighted by Gasteiger charge is -2.13. The molecule has 0 saturated carbocycles. The van der Waals surface area contributed by atoms with Gasteiger partial charge >= 0.3 is 0 Å². The van der Waals surface area contributed by atoms with Crippen molar-refractivity contribution in [2.24, 2.45) is 0 Å². The van der Waals surface area contributed by atoms with E-state index in [2.05, 4.69) is 54.4 Å². The normalized spacial score (nSPS) is 10.9. The smallest absolute Gasteiger partial charge is 0.291 e. The van der Waals surface area contributed by atoms with Crippen LogP contribution in [0.5, 0.6) is 0 Å². The molecule has 7 nitrogen and oxygen atoms in total. The van der Waals surface area contributed by atoms with Crippen molar-refractivity contribution < 1.29 is 15.0 Å². The van der Waals surface area contributed by atoms with Crippen LogP contribution in [0.15, 0.2) is 61.2 Å². The molecule has 26 heavy (non-hydrogen) atoms. The molecule has 0 spiro atoms. The lowest BCUT2D eigenvalue weighted by molar-refractivity contribution is -0.742. The average molecular weight is 355 g/mol. The van der Waals surface area contributed by atoms with Crippen molar-refractivity contribution in [3.05, 3.63) is 76.9 Å². The average Bonchev–Trinajstić information content (AvgIpc) is 3.13. The highest BCUT2D eigenvalue weighted by molar-refractivity contribution is 5.94. The number of nitrogens with zero attached hydrogens (tertiary/aromatic N) is 3. The molecule has 0 aliphatic carbocycles. The van der Waals surface area contributed by atoms with E-state index >= 15 is 0 Å². The molecule has 0 fully saturated rings. The molecule has 7 heteroatoms. The summed E-state index contributed by atoms with van der Waals surface area (Å²) in [5.74, 6) is 0.878. The monoisotopic (exact) mass is 355 g/mol. The molecule has 0 amide bonds. The van der Waals surface area contributed by atoms with E-state index in [4.69, 9.17) is 20.1 Å². The molecule has 0 aliphatic rings. The van der Waals surface area contributed by atoms with Gasteiger partial charge in [0.25, 0.3) is 5.09 Å². The van der Waals surface area contributed by atoms with Crippen LogP contribution in [0.1, 0.15) is 25.3 Å². The second kappa shape index (κ2) is 9.83. The van der Waals surface area contributed by atoms with Gasteiger partial charge in [-0.05, 0) is 17.2 Å². The predicted octanol–water partition coefficient (Wildman–Crippen LogP) is 4.46. The summed E-state index contributed by atoms with van der Waals surface area (Å²) >= 11 is 0. The minimum Gasteiger partial charge on any atom is -0.491 e. The van der Waals surface area contributed by atoms with Crippen LogP contribution in [0.4, 0.5) is 0 Å². The van der Waals surface area contributed by atoms with E-state index in [1.54, 1.807) is 12.5 Å². The number of rotatable bonds is 6. The Hall–Kier alpha value is -3.35. The summed E-state index contributed by atoms with van der Waals surface area (Å²) in [7, 11) is 0. The Morgan fingerprint density at radius 1 is 1.31 bits per heavy atom. The number of aromatic nitrogens is 2. The Bertz CT molecular complexity index is 851. The summed E-state index contributed by atoms with van der Waals surface area (Å²) in [6.45, 7) is 2.89. The summed E-state index contributed by atoms with van der Waals surface area (Å²) in [5, 5.41) is 16.1. The quantitative estimate of drug-likeness (QED) is 0.305. The Labute approximate surface area is 151 Å². The van der Waals surface area contributed by atoms with Crippen LogP contribution >= 0.6 is 0 Å². The van der Waals surface area contributed by atoms with Gasteiger partial charge in [-0.3, -0.25) is 0 Å². The largest absolute Gasteiger partial charge is 0.491 e. The minimum absolute atomic E-state index is 0.722. The first kappa shape index (κ1) is 19.0. The molecule has 1 N–H and O–H groups in total. The van der Waals surface area contributed by atoms with Gasteiger partial charge in [0.1, 0.15) is 5.76 Å². The molecule has 0 radical (unpaired) electrons. The van der Waals surface area contributed by atoms with Gasteiger partial charge in [-0.15, -0.1) is 10.1 Å². The van der Waals surface area contributed by atoms with Crippen LogP contribution in [0.2, 0.25) is 0 Å². The summed E-state index contributed by atoms with van der Waals surface area (Å²) < 4.78 is 7.98. The third kappa shape index (κ3) is 5.62. The first-order valence-electron chi connectivity index (χ1n) is 8.25. The summed E-state index contributed by atoms with van der Waals surface area (Å²) in [6.07, 6.45) is 9.61. The van der Waals surface area contributed by atoms with Crippen LogP contribution in [0.25, 0.3) is 22.7 Å². The molecule has 0 atom stereocenters. The molecule has 136 valence electrons. The van der Waals surface area contributed by atoms with Crippen molar-refractivity contribution in [1.82, 2.24) is 9.55 Å². The Morgan fingerprint density at radius 3 is 2.73 bits per heavy atom. The fraction of sp³-hybridized carbons (Fsp3) is 0.211. The van der Waals surface area contributed by atoms with Gasteiger partial charge < -0.3 is 14.5 Å². The van der Waals surface area contributed by atoms with Gasteiger partial charge in [-0.1, -0.05) is 55.8 Å². The molecule has 0 unspecified atom stereocenters. The molecule has 1 heterocycles. The Morgan fingerprint density at radius 2 is 2.04 bits per heavy atom. The zero-order valence-electron chi connectivity index (χ0n) is 14.5. The maximum absolute atomic E-state index is 8.36. The number of unbranched alkanes of at least 4 members (excludes halogenated alkanes) is 1. The SMILES string of the molecule is CCCCO/C(=C\n1ccnc1)c1cccc2ccccc12.O=[N+]([O-])O. The Kier molecular flexibility index (Phi) is 7.17. The third-order valence-corrected chi connectivity index (χ3v) is 3.60. The molecule has 3 rings (SSSR count). The number of benzene rings is 2. The number of fused-ring (bicyclic) bond motifs is 1. The zero-order valence-corrected chi connectivity index (χ0v) is 14.5. The highest BCUT2D eigenvalue weighted by Gasteiger charge is 2.08. The molecule has 3 aromatic rings. The highest BCUT2D eigenvalue weighted by atomic mass is 16.9. The van der Waals surface area contributed by atoms with Crippen molar-refractivity contribution in [1.29, 1.82) is 0 Å². The van der Waals surface area contributed by atoms with Crippen molar-refractivity contribution in [2.45, 2.75) is 19.8 Å². The summed E-state index contributed by atoms with van der Waals surface area (Å²) in [6, 6.07) is 14.7. The topological polar surface area (TPSA) is 90.4 Å². The lowest BCUT2D eigenvalue weighted by Crippen LogP contribution is -1.97. The van der Waals surface area contributed by atoms with Crippen molar-refractivity contribution >= 4 is 22.7 Å². The first-order valence-corrected chi connectivity index (χ1v) is 8.25. The van der Waals surface area contributed by atoms with E-state index in [1.807, 2.05) is 17.0 Å². The number of hydrogen-bond acceptors (Lipinski definition) is 4. The van der Waals surface area contributed by atoms with E-state index in [9.17, 15) is 0 Å². The lowest BCUT2D eigenvalue weighted by atomic mass is 10.0. The van der Waals surface area contributed by atoms with E-state index in [-0.39, 0.29) is 0 Å². The molecule has 0 saturated heterocycles. The third-order valence-electron chi connectivity index (χ3n) is 3.60. The van der Waals surface area contributed by atoms with Crippen LogP contribution in [0.3, 0.4) is 0 Å². The predicted molar refractivity (Wildman–Crippen MR) is 100.0 cm³/mol. The van der Waals surface area contributed by atoms with Crippen molar-refractivity contribution in [2.75, 3.05) is 6.61 Å². The van der Waals surface area contributed by atoms with Gasteiger partial charge in [0.2, 0.25) is 0 Å². The summed E-state index contributed by atoms with van der Waals surface area (Å²) in [5.41, 5.74) is 1.11. The first-order chi connectivity index (χ1) is 12.6. The number of hydrogen-bond donors (Lipinski definition) is 1. The van der Waals surface area contributed by atoms with Crippen LogP contribution in [0, 0.1) is 10.1 Å². The maximum Gasteiger partial charge on any atom is 0.291 e. The molecular weight excluding hydrogens is 334 g/mol. The fourth-order valence-corrected chi connectivity index (χ4v) is 2.43. The van der Waals surface area contributed by atoms with Gasteiger partial charge in [0.05, 0.1) is 19.1 Å². The van der Waals surface area contributed by atoms with E-state index < -0.39 is 5.09 Å². The van der Waals surface area contributed by atoms with Crippen LogP contribution in [-0.2, 0) is 4.74 Å². The minimum atomic E-state index is -1.50.